The molecule has 0 heterocycles. The molecular weight excluding hydrogens is 328 g/mol. The van der Waals surface area contributed by atoms with E-state index in [1.54, 1.807) is 14.2 Å². The van der Waals surface area contributed by atoms with Crippen LogP contribution < -0.4 is 19.7 Å². The molecule has 2 aromatic rings. The zero-order valence-electron chi connectivity index (χ0n) is 15.8. The average Bonchev–Trinajstić information content (AvgIpc) is 2.69. The van der Waals surface area contributed by atoms with Gasteiger partial charge in [0, 0.05) is 25.2 Å². The van der Waals surface area contributed by atoms with Gasteiger partial charge >= 0.3 is 0 Å². The quantitative estimate of drug-likeness (QED) is 0.664. The van der Waals surface area contributed by atoms with Crippen LogP contribution >= 0.6 is 0 Å². The average molecular weight is 356 g/mol. The van der Waals surface area contributed by atoms with Crippen molar-refractivity contribution < 1.29 is 14.3 Å². The third kappa shape index (κ3) is 5.49. The highest BCUT2D eigenvalue weighted by Gasteiger charge is 2.12. The lowest BCUT2D eigenvalue weighted by molar-refractivity contribution is -0.118. The van der Waals surface area contributed by atoms with E-state index < -0.39 is 0 Å². The molecule has 0 saturated carbocycles. The van der Waals surface area contributed by atoms with Crippen molar-refractivity contribution in [3.63, 3.8) is 0 Å². The van der Waals surface area contributed by atoms with E-state index >= 15 is 0 Å². The molecule has 2 rings (SSSR count). The Kier molecular flexibility index (Phi) is 7.96. The van der Waals surface area contributed by atoms with Gasteiger partial charge in [-0.05, 0) is 49.7 Å². The maximum absolute atomic E-state index is 12.4. The van der Waals surface area contributed by atoms with E-state index in [2.05, 4.69) is 5.32 Å². The molecule has 1 amide bonds. The van der Waals surface area contributed by atoms with Gasteiger partial charge in [0.05, 0.1) is 14.2 Å². The standard InChI is InChI=1S/C21H28N2O3/c1-4-23(18-8-6-5-7-9-18)21(24)13-15-22-14-12-17-10-11-19(25-2)20(16-17)26-3/h5-11,16,22H,4,12-15H2,1-3H3. The second kappa shape index (κ2) is 10.5. The largest absolute Gasteiger partial charge is 0.493 e. The molecule has 0 radical (unpaired) electrons. The monoisotopic (exact) mass is 356 g/mol. The van der Waals surface area contributed by atoms with Gasteiger partial charge in [0.2, 0.25) is 5.91 Å². The van der Waals surface area contributed by atoms with E-state index in [1.165, 1.54) is 5.56 Å². The number of ether oxygens (including phenoxy) is 2. The van der Waals surface area contributed by atoms with Crippen molar-refractivity contribution in [3.8, 4) is 11.5 Å². The summed E-state index contributed by atoms with van der Waals surface area (Å²) in [4.78, 5) is 14.2. The second-order valence-electron chi connectivity index (χ2n) is 5.91. The van der Waals surface area contributed by atoms with Crippen molar-refractivity contribution >= 4 is 11.6 Å². The molecule has 0 aromatic heterocycles. The fourth-order valence-corrected chi connectivity index (χ4v) is 2.84. The molecule has 2 aromatic carbocycles. The second-order valence-corrected chi connectivity index (χ2v) is 5.91. The number of methoxy groups -OCH3 is 2. The first kappa shape index (κ1) is 19.8. The zero-order chi connectivity index (χ0) is 18.8. The first-order valence-corrected chi connectivity index (χ1v) is 8.96. The van der Waals surface area contributed by atoms with Gasteiger partial charge in [0.1, 0.15) is 0 Å². The maximum Gasteiger partial charge on any atom is 0.228 e. The summed E-state index contributed by atoms with van der Waals surface area (Å²) in [7, 11) is 3.27. The van der Waals surface area contributed by atoms with E-state index in [-0.39, 0.29) is 5.91 Å². The lowest BCUT2D eigenvalue weighted by Crippen LogP contribution is -2.33. The Hall–Kier alpha value is -2.53. The predicted molar refractivity (Wildman–Crippen MR) is 105 cm³/mol. The Morgan fingerprint density at radius 2 is 1.73 bits per heavy atom. The van der Waals surface area contributed by atoms with Crippen LogP contribution in [0.3, 0.4) is 0 Å². The number of anilines is 1. The lowest BCUT2D eigenvalue weighted by Gasteiger charge is -2.21. The van der Waals surface area contributed by atoms with Crippen LogP contribution in [0.1, 0.15) is 18.9 Å². The van der Waals surface area contributed by atoms with Crippen LogP contribution in [-0.4, -0.2) is 39.8 Å². The first-order chi connectivity index (χ1) is 12.7. The number of hydrogen-bond acceptors (Lipinski definition) is 4. The smallest absolute Gasteiger partial charge is 0.228 e. The summed E-state index contributed by atoms with van der Waals surface area (Å²) in [6.07, 6.45) is 1.35. The molecule has 26 heavy (non-hydrogen) atoms. The van der Waals surface area contributed by atoms with E-state index in [0.717, 1.165) is 30.2 Å². The number of rotatable bonds is 10. The summed E-state index contributed by atoms with van der Waals surface area (Å²) in [6, 6.07) is 15.7. The number of carbonyl (C=O) groups is 1. The minimum Gasteiger partial charge on any atom is -0.493 e. The number of hydrogen-bond donors (Lipinski definition) is 1. The van der Waals surface area contributed by atoms with Crippen LogP contribution in [-0.2, 0) is 11.2 Å². The van der Waals surface area contributed by atoms with Crippen molar-refractivity contribution in [2.45, 2.75) is 19.8 Å². The normalized spacial score (nSPS) is 10.4. The molecular formula is C21H28N2O3. The van der Waals surface area contributed by atoms with E-state index in [1.807, 2.05) is 60.4 Å². The van der Waals surface area contributed by atoms with Crippen LogP contribution in [0.15, 0.2) is 48.5 Å². The van der Waals surface area contributed by atoms with Crippen molar-refractivity contribution in [3.05, 3.63) is 54.1 Å². The van der Waals surface area contributed by atoms with Gasteiger partial charge in [-0.2, -0.15) is 0 Å². The summed E-state index contributed by atoms with van der Waals surface area (Å²) in [5.41, 5.74) is 2.12. The number of para-hydroxylation sites is 1. The number of amides is 1. The number of nitrogens with zero attached hydrogens (tertiary/aromatic N) is 1. The minimum atomic E-state index is 0.136. The minimum absolute atomic E-state index is 0.136. The molecule has 5 heteroatoms. The van der Waals surface area contributed by atoms with Crippen molar-refractivity contribution in [1.82, 2.24) is 5.32 Å². The molecule has 1 N–H and O–H groups in total. The van der Waals surface area contributed by atoms with E-state index in [0.29, 0.717) is 19.5 Å². The SMILES string of the molecule is CCN(C(=O)CCNCCc1ccc(OC)c(OC)c1)c1ccccc1. The topological polar surface area (TPSA) is 50.8 Å². The van der Waals surface area contributed by atoms with Gasteiger partial charge in [-0.3, -0.25) is 4.79 Å². The van der Waals surface area contributed by atoms with Gasteiger partial charge < -0.3 is 19.7 Å². The number of nitrogens with one attached hydrogen (secondary N) is 1. The molecule has 0 fully saturated rings. The summed E-state index contributed by atoms with van der Waals surface area (Å²) in [5.74, 6) is 1.61. The lowest BCUT2D eigenvalue weighted by atomic mass is 10.1. The van der Waals surface area contributed by atoms with Crippen LogP contribution in [0.4, 0.5) is 5.69 Å². The van der Waals surface area contributed by atoms with Crippen LogP contribution in [0, 0.1) is 0 Å². The summed E-state index contributed by atoms with van der Waals surface area (Å²) in [6.45, 7) is 4.14. The Labute approximate surface area is 155 Å². The Morgan fingerprint density at radius 3 is 2.38 bits per heavy atom. The fraction of sp³-hybridized carbons (Fsp3) is 0.381. The predicted octanol–water partition coefficient (Wildman–Crippen LogP) is 3.28. The van der Waals surface area contributed by atoms with E-state index in [4.69, 9.17) is 9.47 Å². The Bertz CT molecular complexity index is 689. The Morgan fingerprint density at radius 1 is 1.00 bits per heavy atom. The molecule has 0 spiro atoms. The third-order valence-corrected chi connectivity index (χ3v) is 4.24. The fourth-order valence-electron chi connectivity index (χ4n) is 2.84. The molecule has 0 aliphatic heterocycles. The van der Waals surface area contributed by atoms with Crippen LogP contribution in [0.25, 0.3) is 0 Å². The summed E-state index contributed by atoms with van der Waals surface area (Å²) in [5, 5.41) is 3.34. The maximum atomic E-state index is 12.4. The number of benzene rings is 2. The third-order valence-electron chi connectivity index (χ3n) is 4.24. The molecule has 0 atom stereocenters. The van der Waals surface area contributed by atoms with Crippen molar-refractivity contribution in [2.75, 3.05) is 38.8 Å². The summed E-state index contributed by atoms with van der Waals surface area (Å²) >= 11 is 0. The first-order valence-electron chi connectivity index (χ1n) is 8.96. The molecule has 0 aliphatic carbocycles. The van der Waals surface area contributed by atoms with Gasteiger partial charge in [-0.25, -0.2) is 0 Å². The zero-order valence-corrected chi connectivity index (χ0v) is 15.8. The van der Waals surface area contributed by atoms with Crippen LogP contribution in [0.5, 0.6) is 11.5 Å². The Balaban J connectivity index is 1.75. The van der Waals surface area contributed by atoms with Gasteiger partial charge in [0.15, 0.2) is 11.5 Å². The molecule has 5 nitrogen and oxygen atoms in total. The number of carbonyl (C=O) groups excluding carboxylic acids is 1. The highest BCUT2D eigenvalue weighted by atomic mass is 16.5. The van der Waals surface area contributed by atoms with Gasteiger partial charge in [-0.15, -0.1) is 0 Å². The van der Waals surface area contributed by atoms with Crippen molar-refractivity contribution in [1.29, 1.82) is 0 Å². The molecule has 0 saturated heterocycles. The summed E-state index contributed by atoms with van der Waals surface area (Å²) < 4.78 is 10.6. The van der Waals surface area contributed by atoms with E-state index in [9.17, 15) is 4.79 Å². The highest BCUT2D eigenvalue weighted by Crippen LogP contribution is 2.27. The van der Waals surface area contributed by atoms with Crippen LogP contribution in [0.2, 0.25) is 0 Å². The van der Waals surface area contributed by atoms with Gasteiger partial charge in [-0.1, -0.05) is 24.3 Å². The van der Waals surface area contributed by atoms with Crippen molar-refractivity contribution in [2.24, 2.45) is 0 Å². The molecule has 0 bridgehead atoms. The molecule has 0 unspecified atom stereocenters. The molecule has 0 aliphatic rings. The molecule has 140 valence electrons. The van der Waals surface area contributed by atoms with Gasteiger partial charge in [0.25, 0.3) is 0 Å². The highest BCUT2D eigenvalue weighted by molar-refractivity contribution is 5.93.